The van der Waals surface area contributed by atoms with Crippen LogP contribution in [0.5, 0.6) is 0 Å². The normalized spacial score (nSPS) is 37.4. The van der Waals surface area contributed by atoms with Crippen molar-refractivity contribution in [3.8, 4) is 0 Å². The third-order valence-corrected chi connectivity index (χ3v) is 11.1. The largest absolute Gasteiger partial charge is 0.457 e. The predicted molar refractivity (Wildman–Crippen MR) is 123 cm³/mol. The number of amides is 2. The van der Waals surface area contributed by atoms with E-state index in [-0.39, 0.29) is 75.1 Å². The first kappa shape index (κ1) is 23.1. The van der Waals surface area contributed by atoms with Gasteiger partial charge in [0, 0.05) is 21.3 Å². The van der Waals surface area contributed by atoms with Crippen LogP contribution in [0.4, 0.5) is 4.39 Å². The molecule has 0 radical (unpaired) electrons. The van der Waals surface area contributed by atoms with Crippen molar-refractivity contribution in [1.29, 1.82) is 0 Å². The average molecular weight is 585 g/mol. The fraction of sp³-hybridized carbons (Fsp3) is 0.583. The van der Waals surface area contributed by atoms with Crippen molar-refractivity contribution in [3.05, 3.63) is 35.6 Å². The standard InChI is InChI=1S/C24H24Br2FNO5/c25-20-15-9-16(21(20)26)19-18(15)22(30)28(23(19)31)14-7-3-12(4-8-14)24(32)33-10-17(29)11-1-5-13(27)6-2-11/h1-2,5-6,12,14-16,18-21H,3-4,7-10H2/t12?,14?,15-,16+,18-,19+,20-,21+. The quantitative estimate of drug-likeness (QED) is 0.227. The molecule has 0 aromatic heterocycles. The van der Waals surface area contributed by atoms with Crippen molar-refractivity contribution in [3.63, 3.8) is 0 Å². The van der Waals surface area contributed by atoms with Gasteiger partial charge in [-0.05, 0) is 68.2 Å². The van der Waals surface area contributed by atoms with Gasteiger partial charge in [-0.1, -0.05) is 31.9 Å². The van der Waals surface area contributed by atoms with E-state index in [2.05, 4.69) is 31.9 Å². The van der Waals surface area contributed by atoms with Crippen molar-refractivity contribution < 1.29 is 28.3 Å². The van der Waals surface area contributed by atoms with Gasteiger partial charge < -0.3 is 4.74 Å². The highest BCUT2D eigenvalue weighted by Gasteiger charge is 2.67. The number of hydrogen-bond donors (Lipinski definition) is 0. The molecule has 1 heterocycles. The molecule has 1 aromatic carbocycles. The number of alkyl halides is 2. The maximum atomic E-state index is 13.2. The SMILES string of the molecule is O=C(COC(=O)C1CCC(N2C(=O)[C@@H]3[C@H]4C[C@H]([C@H](Br)[C@@H]4Br)[C@@H]3C2=O)CC1)c1ccc(F)cc1. The Bertz CT molecular complexity index is 961. The molecule has 6 atom stereocenters. The number of Topliss-reactive ketones (excluding diaryl/α,β-unsaturated/α-hetero) is 1. The predicted octanol–water partition coefficient (Wildman–Crippen LogP) is 3.89. The number of benzene rings is 1. The van der Waals surface area contributed by atoms with Crippen molar-refractivity contribution in [2.45, 2.75) is 47.8 Å². The molecule has 1 saturated heterocycles. The molecule has 1 aliphatic heterocycles. The molecular weight excluding hydrogens is 561 g/mol. The van der Waals surface area contributed by atoms with Gasteiger partial charge in [0.25, 0.3) is 0 Å². The second-order valence-electron chi connectivity index (χ2n) is 9.59. The Kier molecular flexibility index (Phi) is 6.22. The van der Waals surface area contributed by atoms with Gasteiger partial charge in [-0.2, -0.15) is 0 Å². The molecule has 3 saturated carbocycles. The van der Waals surface area contributed by atoms with Crippen LogP contribution in [0, 0.1) is 35.4 Å². The van der Waals surface area contributed by atoms with E-state index in [0.29, 0.717) is 25.7 Å². The molecule has 5 rings (SSSR count). The number of imide groups is 1. The van der Waals surface area contributed by atoms with Crippen LogP contribution in [0.3, 0.4) is 0 Å². The Hall–Kier alpha value is -1.61. The first-order chi connectivity index (χ1) is 15.8. The van der Waals surface area contributed by atoms with Gasteiger partial charge in [0.1, 0.15) is 5.82 Å². The van der Waals surface area contributed by atoms with Crippen LogP contribution in [0.25, 0.3) is 0 Å². The van der Waals surface area contributed by atoms with Crippen LogP contribution >= 0.6 is 31.9 Å². The summed E-state index contributed by atoms with van der Waals surface area (Å²) in [6.07, 6.45) is 3.05. The minimum Gasteiger partial charge on any atom is -0.457 e. The zero-order chi connectivity index (χ0) is 23.4. The van der Waals surface area contributed by atoms with Crippen LogP contribution < -0.4 is 0 Å². The molecule has 4 aliphatic rings. The second-order valence-corrected chi connectivity index (χ2v) is 11.7. The van der Waals surface area contributed by atoms with Gasteiger partial charge in [0.2, 0.25) is 11.8 Å². The Labute approximate surface area is 207 Å². The lowest BCUT2D eigenvalue weighted by atomic mass is 9.81. The second kappa shape index (κ2) is 8.87. The molecule has 6 nitrogen and oxygen atoms in total. The first-order valence-electron chi connectivity index (χ1n) is 11.4. The van der Waals surface area contributed by atoms with Crippen molar-refractivity contribution >= 4 is 55.4 Å². The van der Waals surface area contributed by atoms with Gasteiger partial charge in [0.05, 0.1) is 17.8 Å². The fourth-order valence-corrected chi connectivity index (χ4v) is 8.15. The monoisotopic (exact) mass is 583 g/mol. The summed E-state index contributed by atoms with van der Waals surface area (Å²) in [5.41, 5.74) is 0.287. The summed E-state index contributed by atoms with van der Waals surface area (Å²) in [4.78, 5) is 53.0. The Morgan fingerprint density at radius 3 is 2.03 bits per heavy atom. The molecule has 3 aliphatic carbocycles. The molecule has 9 heteroatoms. The highest BCUT2D eigenvalue weighted by molar-refractivity contribution is 9.12. The lowest BCUT2D eigenvalue weighted by Crippen LogP contribution is -2.44. The van der Waals surface area contributed by atoms with E-state index in [1.54, 1.807) is 0 Å². The lowest BCUT2D eigenvalue weighted by Gasteiger charge is -2.33. The summed E-state index contributed by atoms with van der Waals surface area (Å²) < 4.78 is 18.2. The molecule has 0 N–H and O–H groups in total. The van der Waals surface area contributed by atoms with E-state index in [0.717, 1.165) is 6.42 Å². The molecule has 176 valence electrons. The topological polar surface area (TPSA) is 80.8 Å². The van der Waals surface area contributed by atoms with E-state index >= 15 is 0 Å². The highest BCUT2D eigenvalue weighted by Crippen LogP contribution is 2.60. The third kappa shape index (κ3) is 3.89. The highest BCUT2D eigenvalue weighted by atomic mass is 79.9. The zero-order valence-electron chi connectivity index (χ0n) is 17.8. The molecular formula is C24H24Br2FNO5. The smallest absolute Gasteiger partial charge is 0.309 e. The minimum absolute atomic E-state index is 0.0442. The Morgan fingerprint density at radius 2 is 1.48 bits per heavy atom. The van der Waals surface area contributed by atoms with Crippen molar-refractivity contribution in [1.82, 2.24) is 4.90 Å². The number of rotatable bonds is 5. The number of ketones is 1. The number of esters is 1. The van der Waals surface area contributed by atoms with E-state index in [4.69, 9.17) is 4.74 Å². The van der Waals surface area contributed by atoms with E-state index < -0.39 is 11.8 Å². The first-order valence-corrected chi connectivity index (χ1v) is 13.2. The van der Waals surface area contributed by atoms with Crippen molar-refractivity contribution in [2.75, 3.05) is 6.61 Å². The number of carbonyl (C=O) groups excluding carboxylic acids is 4. The molecule has 4 fully saturated rings. The lowest BCUT2D eigenvalue weighted by molar-refractivity contribution is -0.149. The Balaban J connectivity index is 1.15. The van der Waals surface area contributed by atoms with Crippen LogP contribution in [-0.2, 0) is 19.1 Å². The van der Waals surface area contributed by atoms with E-state index in [1.807, 2.05) is 0 Å². The average Bonchev–Trinajstić information content (AvgIpc) is 3.42. The maximum Gasteiger partial charge on any atom is 0.309 e. The molecule has 33 heavy (non-hydrogen) atoms. The Morgan fingerprint density at radius 1 is 0.939 bits per heavy atom. The molecule has 0 spiro atoms. The number of nitrogens with zero attached hydrogens (tertiary/aromatic N) is 1. The molecule has 1 aromatic rings. The van der Waals surface area contributed by atoms with Gasteiger partial charge in [-0.25, -0.2) is 4.39 Å². The number of likely N-dealkylation sites (tertiary alicyclic amines) is 1. The maximum absolute atomic E-state index is 13.2. The number of fused-ring (bicyclic) bond motifs is 5. The van der Waals surface area contributed by atoms with Crippen LogP contribution in [0.15, 0.2) is 24.3 Å². The van der Waals surface area contributed by atoms with E-state index in [1.165, 1.54) is 29.2 Å². The summed E-state index contributed by atoms with van der Waals surface area (Å²) in [6, 6.07) is 4.91. The van der Waals surface area contributed by atoms with E-state index in [9.17, 15) is 23.6 Å². The summed E-state index contributed by atoms with van der Waals surface area (Å²) in [5, 5.41) is 0. The fourth-order valence-electron chi connectivity index (χ4n) is 6.28. The van der Waals surface area contributed by atoms with Gasteiger partial charge in [0.15, 0.2) is 12.4 Å². The number of halogens is 3. The molecule has 0 unspecified atom stereocenters. The molecule has 2 bridgehead atoms. The number of carbonyl (C=O) groups is 4. The minimum atomic E-state index is -0.442. The van der Waals surface area contributed by atoms with Gasteiger partial charge in [-0.3, -0.25) is 24.1 Å². The van der Waals surface area contributed by atoms with Crippen LogP contribution in [-0.4, -0.2) is 50.8 Å². The van der Waals surface area contributed by atoms with Gasteiger partial charge in [-0.15, -0.1) is 0 Å². The summed E-state index contributed by atoms with van der Waals surface area (Å²) in [5.74, 6) is -1.78. The van der Waals surface area contributed by atoms with Crippen LogP contribution in [0.1, 0.15) is 42.5 Å². The van der Waals surface area contributed by atoms with Crippen molar-refractivity contribution in [2.24, 2.45) is 29.6 Å². The number of hydrogen-bond acceptors (Lipinski definition) is 5. The summed E-state index contributed by atoms with van der Waals surface area (Å²) >= 11 is 7.41. The van der Waals surface area contributed by atoms with Crippen LogP contribution in [0.2, 0.25) is 0 Å². The number of ether oxygens (including phenoxy) is 1. The molecule has 2 amide bonds. The summed E-state index contributed by atoms with van der Waals surface area (Å²) in [7, 11) is 0. The third-order valence-electron chi connectivity index (χ3n) is 7.93. The van der Waals surface area contributed by atoms with Gasteiger partial charge >= 0.3 is 5.97 Å². The zero-order valence-corrected chi connectivity index (χ0v) is 21.0. The summed E-state index contributed by atoms with van der Waals surface area (Å²) in [6.45, 7) is -0.388.